The van der Waals surface area contributed by atoms with Gasteiger partial charge in [0, 0.05) is 6.61 Å². The largest absolute Gasteiger partial charge is 0.388 e. The molecular formula is C24H42O5S. The van der Waals surface area contributed by atoms with E-state index in [1.54, 1.807) is 12.1 Å². The molecule has 6 heteroatoms. The van der Waals surface area contributed by atoms with E-state index in [0.717, 1.165) is 18.4 Å². The first-order valence-electron chi connectivity index (χ1n) is 11.7. The summed E-state index contributed by atoms with van der Waals surface area (Å²) < 4.78 is 34.5. The molecule has 0 amide bonds. The second kappa shape index (κ2) is 16.7. The maximum atomic E-state index is 12.1. The van der Waals surface area contributed by atoms with Gasteiger partial charge in [0.05, 0.1) is 18.1 Å². The van der Waals surface area contributed by atoms with Gasteiger partial charge >= 0.3 is 0 Å². The Hall–Kier alpha value is -0.950. The quantitative estimate of drug-likeness (QED) is 0.217. The average molecular weight is 443 g/mol. The van der Waals surface area contributed by atoms with Gasteiger partial charge in [0.2, 0.25) is 0 Å². The second-order valence-electron chi connectivity index (χ2n) is 8.17. The van der Waals surface area contributed by atoms with Crippen LogP contribution in [-0.2, 0) is 19.0 Å². The molecule has 0 saturated heterocycles. The molecule has 0 saturated carbocycles. The first kappa shape index (κ1) is 27.1. The van der Waals surface area contributed by atoms with E-state index < -0.39 is 16.2 Å². The molecule has 0 bridgehead atoms. The Morgan fingerprint density at radius 2 is 1.30 bits per heavy atom. The van der Waals surface area contributed by atoms with Crippen LogP contribution < -0.4 is 0 Å². The molecule has 0 fully saturated rings. The van der Waals surface area contributed by atoms with Gasteiger partial charge in [0.25, 0.3) is 10.1 Å². The predicted octanol–water partition coefficient (Wildman–Crippen LogP) is 5.78. The van der Waals surface area contributed by atoms with Gasteiger partial charge in [0.1, 0.15) is 6.10 Å². The minimum absolute atomic E-state index is 0.0848. The maximum absolute atomic E-state index is 12.1. The monoisotopic (exact) mass is 442 g/mol. The van der Waals surface area contributed by atoms with Crippen LogP contribution in [0.2, 0.25) is 0 Å². The molecule has 0 aliphatic carbocycles. The van der Waals surface area contributed by atoms with Crippen molar-refractivity contribution < 1.29 is 22.4 Å². The van der Waals surface area contributed by atoms with Crippen molar-refractivity contribution in [3.05, 3.63) is 29.8 Å². The van der Waals surface area contributed by atoms with Gasteiger partial charge in [-0.3, -0.25) is 4.18 Å². The SMILES string of the molecule is CCCCCCCCCCCCCCOCC(O)COS(=O)(=O)c1ccc(C)cc1. The van der Waals surface area contributed by atoms with Crippen molar-refractivity contribution >= 4 is 10.1 Å². The number of hydrogen-bond acceptors (Lipinski definition) is 5. The molecule has 0 heterocycles. The summed E-state index contributed by atoms with van der Waals surface area (Å²) in [6.07, 6.45) is 14.5. The summed E-state index contributed by atoms with van der Waals surface area (Å²) in [5.41, 5.74) is 0.972. The Balaban J connectivity index is 1.95. The molecule has 30 heavy (non-hydrogen) atoms. The highest BCUT2D eigenvalue weighted by Crippen LogP contribution is 2.14. The van der Waals surface area contributed by atoms with Crippen LogP contribution in [0.3, 0.4) is 0 Å². The highest BCUT2D eigenvalue weighted by molar-refractivity contribution is 7.86. The van der Waals surface area contributed by atoms with Crippen LogP contribution in [0.1, 0.15) is 89.5 Å². The molecule has 174 valence electrons. The standard InChI is InChI=1S/C24H42O5S/c1-3-4-5-6-7-8-9-10-11-12-13-14-19-28-20-23(25)21-29-30(26,27)24-17-15-22(2)16-18-24/h15-18,23,25H,3-14,19-21H2,1-2H3. The highest BCUT2D eigenvalue weighted by Gasteiger charge is 2.17. The lowest BCUT2D eigenvalue weighted by atomic mass is 10.1. The van der Waals surface area contributed by atoms with Crippen molar-refractivity contribution in [1.82, 2.24) is 0 Å². The Morgan fingerprint density at radius 3 is 1.83 bits per heavy atom. The number of benzene rings is 1. The van der Waals surface area contributed by atoms with Crippen LogP contribution in [0.5, 0.6) is 0 Å². The van der Waals surface area contributed by atoms with E-state index in [9.17, 15) is 13.5 Å². The summed E-state index contributed by atoms with van der Waals surface area (Å²) >= 11 is 0. The van der Waals surface area contributed by atoms with Crippen LogP contribution in [0, 0.1) is 6.92 Å². The van der Waals surface area contributed by atoms with Crippen LogP contribution in [0.15, 0.2) is 29.2 Å². The van der Waals surface area contributed by atoms with Gasteiger partial charge in [-0.05, 0) is 25.5 Å². The molecule has 1 N–H and O–H groups in total. The number of aliphatic hydroxyl groups is 1. The Morgan fingerprint density at radius 1 is 0.800 bits per heavy atom. The van der Waals surface area contributed by atoms with Crippen LogP contribution >= 0.6 is 0 Å². The zero-order valence-electron chi connectivity index (χ0n) is 19.0. The van der Waals surface area contributed by atoms with Crippen LogP contribution in [0.25, 0.3) is 0 Å². The molecule has 1 aromatic rings. The summed E-state index contributed by atoms with van der Waals surface area (Å²) in [5, 5.41) is 9.88. The summed E-state index contributed by atoms with van der Waals surface area (Å²) in [7, 11) is -3.85. The van der Waals surface area contributed by atoms with Crippen molar-refractivity contribution in [3.63, 3.8) is 0 Å². The van der Waals surface area contributed by atoms with E-state index in [4.69, 9.17) is 8.92 Å². The molecule has 1 aromatic carbocycles. The van der Waals surface area contributed by atoms with Gasteiger partial charge in [-0.25, -0.2) is 0 Å². The molecular weight excluding hydrogens is 400 g/mol. The summed E-state index contributed by atoms with van der Waals surface area (Å²) in [4.78, 5) is 0.0951. The molecule has 0 aliphatic rings. The van der Waals surface area contributed by atoms with Gasteiger partial charge in [0.15, 0.2) is 0 Å². The number of ether oxygens (including phenoxy) is 1. The number of aryl methyl sites for hydroxylation is 1. The topological polar surface area (TPSA) is 72.8 Å². The van der Waals surface area contributed by atoms with E-state index in [0.29, 0.717) is 6.61 Å². The zero-order valence-corrected chi connectivity index (χ0v) is 19.8. The molecule has 1 rings (SSSR count). The van der Waals surface area contributed by atoms with E-state index in [1.807, 2.05) is 6.92 Å². The lowest BCUT2D eigenvalue weighted by Crippen LogP contribution is -2.24. The second-order valence-corrected chi connectivity index (χ2v) is 9.78. The third-order valence-corrected chi connectivity index (χ3v) is 6.47. The van der Waals surface area contributed by atoms with E-state index in [2.05, 4.69) is 6.92 Å². The van der Waals surface area contributed by atoms with Gasteiger partial charge in [-0.2, -0.15) is 8.42 Å². The molecule has 1 unspecified atom stereocenters. The molecule has 1 atom stereocenters. The molecule has 0 spiro atoms. The van der Waals surface area contributed by atoms with E-state index in [-0.39, 0.29) is 18.1 Å². The highest BCUT2D eigenvalue weighted by atomic mass is 32.2. The van der Waals surface area contributed by atoms with Gasteiger partial charge in [-0.15, -0.1) is 0 Å². The fourth-order valence-corrected chi connectivity index (χ4v) is 4.20. The summed E-state index contributed by atoms with van der Waals surface area (Å²) in [6.45, 7) is 4.51. The minimum atomic E-state index is -3.85. The van der Waals surface area contributed by atoms with Crippen LogP contribution in [0.4, 0.5) is 0 Å². The lowest BCUT2D eigenvalue weighted by Gasteiger charge is -2.12. The fraction of sp³-hybridized carbons (Fsp3) is 0.750. The third-order valence-electron chi connectivity index (χ3n) is 5.18. The Bertz CT molecular complexity index is 628. The fourth-order valence-electron chi connectivity index (χ4n) is 3.25. The van der Waals surface area contributed by atoms with E-state index in [1.165, 1.54) is 76.3 Å². The van der Waals surface area contributed by atoms with Crippen molar-refractivity contribution in [1.29, 1.82) is 0 Å². The lowest BCUT2D eigenvalue weighted by molar-refractivity contribution is 0.0122. The number of rotatable bonds is 19. The molecule has 5 nitrogen and oxygen atoms in total. The Kier molecular flexibility index (Phi) is 15.1. The summed E-state index contributed by atoms with van der Waals surface area (Å²) in [5.74, 6) is 0. The van der Waals surface area contributed by atoms with Crippen molar-refractivity contribution in [2.24, 2.45) is 0 Å². The minimum Gasteiger partial charge on any atom is -0.388 e. The molecule has 0 aliphatic heterocycles. The van der Waals surface area contributed by atoms with Crippen molar-refractivity contribution in [2.75, 3.05) is 19.8 Å². The Labute approximate surface area is 184 Å². The van der Waals surface area contributed by atoms with Gasteiger partial charge < -0.3 is 9.84 Å². The third kappa shape index (κ3) is 13.4. The van der Waals surface area contributed by atoms with Gasteiger partial charge in [-0.1, -0.05) is 95.2 Å². The smallest absolute Gasteiger partial charge is 0.297 e. The van der Waals surface area contributed by atoms with Crippen LogP contribution in [-0.4, -0.2) is 39.4 Å². The predicted molar refractivity (Wildman–Crippen MR) is 122 cm³/mol. The first-order valence-corrected chi connectivity index (χ1v) is 13.1. The maximum Gasteiger partial charge on any atom is 0.297 e. The first-order chi connectivity index (χ1) is 14.5. The molecule has 0 aromatic heterocycles. The number of hydrogen-bond donors (Lipinski definition) is 1. The number of aliphatic hydroxyl groups excluding tert-OH is 1. The zero-order chi connectivity index (χ0) is 22.1. The van der Waals surface area contributed by atoms with Crippen molar-refractivity contribution in [3.8, 4) is 0 Å². The van der Waals surface area contributed by atoms with Crippen molar-refractivity contribution in [2.45, 2.75) is 102 Å². The number of unbranched alkanes of at least 4 members (excludes halogenated alkanes) is 11. The average Bonchev–Trinajstić information content (AvgIpc) is 2.73. The van der Waals surface area contributed by atoms with E-state index >= 15 is 0 Å². The normalized spacial score (nSPS) is 12.9. The summed E-state index contributed by atoms with van der Waals surface area (Å²) in [6, 6.07) is 6.43. The molecule has 0 radical (unpaired) electrons.